The molecule has 0 aromatic rings. The van der Waals surface area contributed by atoms with Crippen molar-refractivity contribution in [2.75, 3.05) is 13.2 Å². The molecule has 0 aliphatic rings. The highest BCUT2D eigenvalue weighted by Crippen LogP contribution is 1.85. The Labute approximate surface area is 93.3 Å². The molecule has 0 aromatic heterocycles. The van der Waals surface area contributed by atoms with Crippen LogP contribution in [0.25, 0.3) is 0 Å². The minimum atomic E-state index is -0.213. The van der Waals surface area contributed by atoms with Crippen molar-refractivity contribution in [1.82, 2.24) is 0 Å². The molecule has 0 radical (unpaired) electrons. The van der Waals surface area contributed by atoms with E-state index in [1.54, 1.807) is 6.92 Å². The van der Waals surface area contributed by atoms with Crippen LogP contribution in [-0.2, 0) is 9.53 Å². The van der Waals surface area contributed by atoms with Crippen LogP contribution in [0.5, 0.6) is 0 Å². The number of hydrogen-bond acceptors (Lipinski definition) is 4. The normalized spacial score (nSPS) is 8.27. The molecule has 2 N–H and O–H groups in total. The van der Waals surface area contributed by atoms with E-state index in [-0.39, 0.29) is 18.7 Å². The third-order valence-electron chi connectivity index (χ3n) is 0.913. The number of esters is 1. The molecule has 0 fully saturated rings. The van der Waals surface area contributed by atoms with Gasteiger partial charge in [0.2, 0.25) is 0 Å². The zero-order valence-corrected chi connectivity index (χ0v) is 10.6. The molecule has 0 spiro atoms. The molecule has 0 aliphatic heterocycles. The summed E-state index contributed by atoms with van der Waals surface area (Å²) in [7, 11) is 0. The van der Waals surface area contributed by atoms with E-state index >= 15 is 0 Å². The maximum Gasteiger partial charge on any atom is 0.302 e. The number of hydrogen-bond donors (Lipinski definition) is 2. The highest BCUT2D eigenvalue weighted by Gasteiger charge is 1.93. The molecule has 0 heterocycles. The Hall–Kier alpha value is -0.610. The maximum atomic E-state index is 10.0. The van der Waals surface area contributed by atoms with Crippen molar-refractivity contribution in [3.8, 4) is 0 Å². The van der Waals surface area contributed by atoms with Crippen LogP contribution in [0.15, 0.2) is 0 Å². The molecule has 0 unspecified atom stereocenters. The van der Waals surface area contributed by atoms with Gasteiger partial charge in [-0.15, -0.1) is 0 Å². The third-order valence-corrected chi connectivity index (χ3v) is 0.913. The SMILES string of the molecule is CC(=O)OC(C)C.CCCCO.CCO. The zero-order valence-electron chi connectivity index (χ0n) is 10.6. The quantitative estimate of drug-likeness (QED) is 0.714. The number of aliphatic hydroxyl groups excluding tert-OH is 2. The van der Waals surface area contributed by atoms with Gasteiger partial charge in [0, 0.05) is 20.1 Å². The van der Waals surface area contributed by atoms with E-state index in [0.29, 0.717) is 6.61 Å². The summed E-state index contributed by atoms with van der Waals surface area (Å²) in [5.41, 5.74) is 0. The molecule has 0 aromatic carbocycles. The largest absolute Gasteiger partial charge is 0.463 e. The summed E-state index contributed by atoms with van der Waals surface area (Å²) in [5.74, 6) is -0.213. The van der Waals surface area contributed by atoms with Gasteiger partial charge in [-0.25, -0.2) is 0 Å². The Bertz CT molecular complexity index is 111. The fourth-order valence-corrected chi connectivity index (χ4v) is 0.490. The predicted octanol–water partition coefficient (Wildman–Crippen LogP) is 1.74. The minimum Gasteiger partial charge on any atom is -0.463 e. The summed E-state index contributed by atoms with van der Waals surface area (Å²) in [6, 6.07) is 0. The highest BCUT2D eigenvalue weighted by atomic mass is 16.5. The Kier molecular flexibility index (Phi) is 25.2. The van der Waals surface area contributed by atoms with Crippen LogP contribution >= 0.6 is 0 Å². The average Bonchev–Trinajstić information content (AvgIpc) is 2.05. The second-order valence-electron chi connectivity index (χ2n) is 3.05. The van der Waals surface area contributed by atoms with E-state index < -0.39 is 0 Å². The summed E-state index contributed by atoms with van der Waals surface area (Å²) in [5, 5.41) is 15.6. The van der Waals surface area contributed by atoms with E-state index in [1.165, 1.54) is 6.92 Å². The van der Waals surface area contributed by atoms with Gasteiger partial charge in [-0.3, -0.25) is 4.79 Å². The average molecular weight is 222 g/mol. The summed E-state index contributed by atoms with van der Waals surface area (Å²) >= 11 is 0. The van der Waals surface area contributed by atoms with Crippen LogP contribution in [0, 0.1) is 0 Å². The van der Waals surface area contributed by atoms with Crippen molar-refractivity contribution < 1.29 is 19.7 Å². The molecule has 94 valence electrons. The lowest BCUT2D eigenvalue weighted by Crippen LogP contribution is -2.06. The van der Waals surface area contributed by atoms with E-state index in [1.807, 2.05) is 13.8 Å². The first-order valence-electron chi connectivity index (χ1n) is 5.35. The Morgan fingerprint density at radius 2 is 1.67 bits per heavy atom. The van der Waals surface area contributed by atoms with E-state index in [4.69, 9.17) is 10.2 Å². The molecule has 0 bridgehead atoms. The van der Waals surface area contributed by atoms with Gasteiger partial charge in [-0.2, -0.15) is 0 Å². The molecule has 0 rings (SSSR count). The number of unbranched alkanes of at least 4 members (excludes halogenated alkanes) is 1. The number of aliphatic hydroxyl groups is 2. The molecule has 4 heteroatoms. The second kappa shape index (κ2) is 19.0. The minimum absolute atomic E-state index is 0.0255. The van der Waals surface area contributed by atoms with Gasteiger partial charge in [0.1, 0.15) is 0 Å². The van der Waals surface area contributed by atoms with Gasteiger partial charge in [-0.1, -0.05) is 13.3 Å². The van der Waals surface area contributed by atoms with E-state index in [0.717, 1.165) is 12.8 Å². The lowest BCUT2D eigenvalue weighted by Gasteiger charge is -2.01. The van der Waals surface area contributed by atoms with Gasteiger partial charge in [0.15, 0.2) is 0 Å². The fourth-order valence-electron chi connectivity index (χ4n) is 0.490. The standard InChI is InChI=1S/C5H10O2.C4H10O.C2H6O/c1-4(2)7-5(3)6;1-2-3-4-5;1-2-3/h4H,1-3H3;5H,2-4H2,1H3;3H,2H2,1H3. The summed E-state index contributed by atoms with van der Waals surface area (Å²) in [4.78, 5) is 10.0. The second-order valence-corrected chi connectivity index (χ2v) is 3.05. The van der Waals surface area contributed by atoms with Crippen molar-refractivity contribution in [2.45, 2.75) is 53.6 Å². The summed E-state index contributed by atoms with van der Waals surface area (Å²) in [6.45, 7) is 9.37. The topological polar surface area (TPSA) is 66.8 Å². The summed E-state index contributed by atoms with van der Waals surface area (Å²) < 4.78 is 4.61. The predicted molar refractivity (Wildman–Crippen MR) is 61.7 cm³/mol. The first-order valence-corrected chi connectivity index (χ1v) is 5.35. The molecular weight excluding hydrogens is 196 g/mol. The Morgan fingerprint density at radius 1 is 1.27 bits per heavy atom. The highest BCUT2D eigenvalue weighted by molar-refractivity contribution is 5.66. The Balaban J connectivity index is -0.000000158. The van der Waals surface area contributed by atoms with Crippen molar-refractivity contribution >= 4 is 5.97 Å². The smallest absolute Gasteiger partial charge is 0.302 e. The maximum absolute atomic E-state index is 10.0. The van der Waals surface area contributed by atoms with Gasteiger partial charge >= 0.3 is 5.97 Å². The fraction of sp³-hybridized carbons (Fsp3) is 0.909. The van der Waals surface area contributed by atoms with Gasteiger partial charge in [-0.05, 0) is 27.2 Å². The lowest BCUT2D eigenvalue weighted by atomic mass is 10.4. The zero-order chi connectivity index (χ0) is 12.7. The van der Waals surface area contributed by atoms with Crippen LogP contribution in [0.1, 0.15) is 47.5 Å². The van der Waals surface area contributed by atoms with Gasteiger partial charge in [0.05, 0.1) is 6.10 Å². The summed E-state index contributed by atoms with van der Waals surface area (Å²) in [6.07, 6.45) is 2.06. The number of carbonyl (C=O) groups is 1. The number of rotatable bonds is 3. The van der Waals surface area contributed by atoms with Crippen LogP contribution in [0.2, 0.25) is 0 Å². The Morgan fingerprint density at radius 3 is 1.67 bits per heavy atom. The lowest BCUT2D eigenvalue weighted by molar-refractivity contribution is -0.144. The number of carbonyl (C=O) groups excluding carboxylic acids is 1. The van der Waals surface area contributed by atoms with Gasteiger partial charge < -0.3 is 14.9 Å². The molecule has 0 saturated heterocycles. The van der Waals surface area contributed by atoms with Crippen LogP contribution in [-0.4, -0.2) is 35.5 Å². The van der Waals surface area contributed by atoms with E-state index in [9.17, 15) is 4.79 Å². The molecule has 0 atom stereocenters. The number of ether oxygens (including phenoxy) is 1. The molecule has 15 heavy (non-hydrogen) atoms. The monoisotopic (exact) mass is 222 g/mol. The van der Waals surface area contributed by atoms with Crippen LogP contribution < -0.4 is 0 Å². The van der Waals surface area contributed by atoms with Crippen molar-refractivity contribution in [2.24, 2.45) is 0 Å². The van der Waals surface area contributed by atoms with E-state index in [2.05, 4.69) is 11.7 Å². The van der Waals surface area contributed by atoms with Crippen molar-refractivity contribution in [1.29, 1.82) is 0 Å². The van der Waals surface area contributed by atoms with Crippen molar-refractivity contribution in [3.05, 3.63) is 0 Å². The molecule has 0 saturated carbocycles. The van der Waals surface area contributed by atoms with Crippen molar-refractivity contribution in [3.63, 3.8) is 0 Å². The van der Waals surface area contributed by atoms with Gasteiger partial charge in [0.25, 0.3) is 0 Å². The first-order chi connectivity index (χ1) is 6.95. The molecule has 0 amide bonds. The molecule has 4 nitrogen and oxygen atoms in total. The third kappa shape index (κ3) is 59.8. The van der Waals surface area contributed by atoms with Crippen LogP contribution in [0.3, 0.4) is 0 Å². The first kappa shape index (κ1) is 19.9. The van der Waals surface area contributed by atoms with Crippen LogP contribution in [0.4, 0.5) is 0 Å². The molecule has 0 aliphatic carbocycles. The molecular formula is C11H26O4.